The van der Waals surface area contributed by atoms with Gasteiger partial charge in [0, 0.05) is 16.5 Å². The SMILES string of the molecule is Cc1cccc(C)c1-n1c(C)nc2cc(Nc3nnc(C)c4ccccc34)ccc21. The van der Waals surface area contributed by atoms with E-state index in [-0.39, 0.29) is 0 Å². The number of nitrogens with one attached hydrogen (secondary N) is 1. The Bertz CT molecular complexity index is 1390. The molecule has 0 saturated carbocycles. The maximum atomic E-state index is 4.84. The van der Waals surface area contributed by atoms with E-state index in [1.54, 1.807) is 0 Å². The summed E-state index contributed by atoms with van der Waals surface area (Å²) in [5.41, 5.74) is 7.59. The third-order valence-corrected chi connectivity index (χ3v) is 5.62. The molecule has 0 amide bonds. The Morgan fingerprint density at radius 1 is 0.767 bits per heavy atom. The number of aromatic nitrogens is 4. The Morgan fingerprint density at radius 2 is 1.50 bits per heavy atom. The highest BCUT2D eigenvalue weighted by atomic mass is 15.2. The van der Waals surface area contributed by atoms with Crippen molar-refractivity contribution < 1.29 is 0 Å². The van der Waals surface area contributed by atoms with Crippen molar-refractivity contribution in [2.45, 2.75) is 27.7 Å². The van der Waals surface area contributed by atoms with Crippen molar-refractivity contribution in [2.75, 3.05) is 5.32 Å². The smallest absolute Gasteiger partial charge is 0.160 e. The fourth-order valence-electron chi connectivity index (χ4n) is 4.19. The van der Waals surface area contributed by atoms with Crippen molar-refractivity contribution in [3.8, 4) is 5.69 Å². The predicted octanol–water partition coefficient (Wildman–Crippen LogP) is 5.95. The summed E-state index contributed by atoms with van der Waals surface area (Å²) < 4.78 is 2.24. The van der Waals surface area contributed by atoms with Crippen LogP contribution in [0.15, 0.2) is 60.7 Å². The summed E-state index contributed by atoms with van der Waals surface area (Å²) in [7, 11) is 0. The predicted molar refractivity (Wildman–Crippen MR) is 123 cm³/mol. The molecule has 1 N–H and O–H groups in total. The maximum Gasteiger partial charge on any atom is 0.160 e. The van der Waals surface area contributed by atoms with E-state index < -0.39 is 0 Å². The van der Waals surface area contributed by atoms with Gasteiger partial charge in [-0.1, -0.05) is 42.5 Å². The van der Waals surface area contributed by atoms with Crippen molar-refractivity contribution in [3.05, 3.63) is 83.3 Å². The first kappa shape index (κ1) is 18.3. The topological polar surface area (TPSA) is 55.6 Å². The Kier molecular flexibility index (Phi) is 4.24. The van der Waals surface area contributed by atoms with E-state index >= 15 is 0 Å². The molecule has 0 aliphatic rings. The van der Waals surface area contributed by atoms with E-state index in [1.165, 1.54) is 16.8 Å². The highest BCUT2D eigenvalue weighted by molar-refractivity contribution is 5.95. The zero-order valence-corrected chi connectivity index (χ0v) is 17.6. The van der Waals surface area contributed by atoms with Crippen LogP contribution in [0.2, 0.25) is 0 Å². The fraction of sp³-hybridized carbons (Fsp3) is 0.160. The van der Waals surface area contributed by atoms with Crippen LogP contribution in [0.25, 0.3) is 27.5 Å². The molecule has 30 heavy (non-hydrogen) atoms. The van der Waals surface area contributed by atoms with Crippen LogP contribution >= 0.6 is 0 Å². The van der Waals surface area contributed by atoms with Gasteiger partial charge in [0.2, 0.25) is 0 Å². The summed E-state index contributed by atoms with van der Waals surface area (Å²) >= 11 is 0. The third kappa shape index (κ3) is 2.90. The molecular formula is C25H23N5. The first-order valence-electron chi connectivity index (χ1n) is 10.1. The molecule has 0 fully saturated rings. The summed E-state index contributed by atoms with van der Waals surface area (Å²) in [6, 6.07) is 20.8. The lowest BCUT2D eigenvalue weighted by Gasteiger charge is -2.14. The van der Waals surface area contributed by atoms with Crippen LogP contribution in [0, 0.1) is 27.7 Å². The molecule has 0 aliphatic carbocycles. The van der Waals surface area contributed by atoms with E-state index in [2.05, 4.69) is 89.4 Å². The molecule has 3 aromatic carbocycles. The summed E-state index contributed by atoms with van der Waals surface area (Å²) in [4.78, 5) is 4.84. The van der Waals surface area contributed by atoms with Crippen molar-refractivity contribution in [1.29, 1.82) is 0 Å². The second kappa shape index (κ2) is 6.95. The minimum absolute atomic E-state index is 0.751. The molecule has 0 atom stereocenters. The first-order valence-corrected chi connectivity index (χ1v) is 10.1. The lowest BCUT2D eigenvalue weighted by molar-refractivity contribution is 0.979. The van der Waals surface area contributed by atoms with Gasteiger partial charge in [-0.2, -0.15) is 5.10 Å². The van der Waals surface area contributed by atoms with Gasteiger partial charge in [-0.3, -0.25) is 4.57 Å². The number of imidazole rings is 1. The molecule has 0 radical (unpaired) electrons. The van der Waals surface area contributed by atoms with Gasteiger partial charge in [-0.15, -0.1) is 5.10 Å². The average molecular weight is 393 g/mol. The monoisotopic (exact) mass is 393 g/mol. The number of nitrogens with zero attached hydrogens (tertiary/aromatic N) is 4. The number of rotatable bonds is 3. The minimum atomic E-state index is 0.751. The van der Waals surface area contributed by atoms with Gasteiger partial charge in [0.15, 0.2) is 5.82 Å². The number of fused-ring (bicyclic) bond motifs is 2. The van der Waals surface area contributed by atoms with Crippen LogP contribution in [0.5, 0.6) is 0 Å². The quantitative estimate of drug-likeness (QED) is 0.412. The zero-order chi connectivity index (χ0) is 20.8. The second-order valence-electron chi connectivity index (χ2n) is 7.74. The highest BCUT2D eigenvalue weighted by Crippen LogP contribution is 2.30. The van der Waals surface area contributed by atoms with Gasteiger partial charge in [-0.25, -0.2) is 4.98 Å². The van der Waals surface area contributed by atoms with Crippen LogP contribution < -0.4 is 5.32 Å². The van der Waals surface area contributed by atoms with Crippen molar-refractivity contribution >= 4 is 33.3 Å². The molecule has 5 rings (SSSR count). The van der Waals surface area contributed by atoms with Gasteiger partial charge in [-0.05, 0) is 57.0 Å². The van der Waals surface area contributed by atoms with Crippen molar-refractivity contribution in [3.63, 3.8) is 0 Å². The van der Waals surface area contributed by atoms with Crippen LogP contribution in [-0.2, 0) is 0 Å². The number of aryl methyl sites for hydroxylation is 4. The summed E-state index contributed by atoms with van der Waals surface area (Å²) in [6.07, 6.45) is 0. The summed E-state index contributed by atoms with van der Waals surface area (Å²) in [5, 5.41) is 14.3. The van der Waals surface area contributed by atoms with Crippen LogP contribution in [0.4, 0.5) is 11.5 Å². The number of hydrogen-bond acceptors (Lipinski definition) is 4. The Hall–Kier alpha value is -3.73. The van der Waals surface area contributed by atoms with Crippen molar-refractivity contribution in [1.82, 2.24) is 19.7 Å². The van der Waals surface area contributed by atoms with E-state index in [0.717, 1.165) is 44.8 Å². The molecule has 0 unspecified atom stereocenters. The van der Waals surface area contributed by atoms with Gasteiger partial charge in [0.1, 0.15) is 5.82 Å². The standard InChI is InChI=1S/C25H23N5/c1-15-8-7-9-16(2)24(15)30-18(4)26-22-14-19(12-13-23(22)30)27-25-21-11-6-5-10-20(21)17(3)28-29-25/h5-14H,1-4H3,(H,27,29). The molecule has 0 spiro atoms. The average Bonchev–Trinajstić information content (AvgIpc) is 3.05. The summed E-state index contributed by atoms with van der Waals surface area (Å²) in [6.45, 7) is 8.32. The molecule has 5 nitrogen and oxygen atoms in total. The maximum absolute atomic E-state index is 4.84. The molecule has 5 heteroatoms. The number of para-hydroxylation sites is 1. The highest BCUT2D eigenvalue weighted by Gasteiger charge is 2.14. The van der Waals surface area contributed by atoms with E-state index in [9.17, 15) is 0 Å². The molecule has 5 aromatic rings. The number of benzene rings is 3. The lowest BCUT2D eigenvalue weighted by Crippen LogP contribution is -2.02. The van der Waals surface area contributed by atoms with Gasteiger partial charge >= 0.3 is 0 Å². The molecule has 2 aromatic heterocycles. The lowest BCUT2D eigenvalue weighted by atomic mass is 10.1. The zero-order valence-electron chi connectivity index (χ0n) is 17.6. The Labute approximate surface area is 175 Å². The molecule has 148 valence electrons. The van der Waals surface area contributed by atoms with Gasteiger partial charge in [0.05, 0.1) is 22.4 Å². The van der Waals surface area contributed by atoms with Crippen LogP contribution in [0.1, 0.15) is 22.6 Å². The van der Waals surface area contributed by atoms with E-state index in [4.69, 9.17) is 4.98 Å². The second-order valence-corrected chi connectivity index (χ2v) is 7.74. The fourth-order valence-corrected chi connectivity index (χ4v) is 4.19. The Morgan fingerprint density at radius 3 is 2.27 bits per heavy atom. The molecular weight excluding hydrogens is 370 g/mol. The first-order chi connectivity index (χ1) is 14.5. The number of hydrogen-bond donors (Lipinski definition) is 1. The molecule has 0 aliphatic heterocycles. The minimum Gasteiger partial charge on any atom is -0.338 e. The molecule has 0 bridgehead atoms. The number of anilines is 2. The van der Waals surface area contributed by atoms with Crippen LogP contribution in [0.3, 0.4) is 0 Å². The molecule has 2 heterocycles. The van der Waals surface area contributed by atoms with Crippen LogP contribution in [-0.4, -0.2) is 19.7 Å². The largest absolute Gasteiger partial charge is 0.338 e. The molecule has 0 saturated heterocycles. The third-order valence-electron chi connectivity index (χ3n) is 5.62. The van der Waals surface area contributed by atoms with Gasteiger partial charge < -0.3 is 5.32 Å². The van der Waals surface area contributed by atoms with Crippen molar-refractivity contribution in [2.24, 2.45) is 0 Å². The van der Waals surface area contributed by atoms with E-state index in [0.29, 0.717) is 0 Å². The van der Waals surface area contributed by atoms with Gasteiger partial charge in [0.25, 0.3) is 0 Å². The normalized spacial score (nSPS) is 11.3. The Balaban J connectivity index is 1.60. The summed E-state index contributed by atoms with van der Waals surface area (Å²) in [5.74, 6) is 1.72. The van der Waals surface area contributed by atoms with E-state index in [1.807, 2.05) is 19.1 Å².